The molecule has 0 radical (unpaired) electrons. The molecule has 1 aromatic rings. The standard InChI is InChI=1S/C13H16O4/c1-4-11-5-7-12(8-6-11)16-9-13(14)17-10(2)15-3/h4-8,10H,1,9H2,2-3H3. The molecule has 0 heterocycles. The molecule has 0 aliphatic heterocycles. The summed E-state index contributed by atoms with van der Waals surface area (Å²) in [5.41, 5.74) is 0.993. The molecule has 0 saturated heterocycles. The number of rotatable bonds is 6. The van der Waals surface area contributed by atoms with Crippen LogP contribution >= 0.6 is 0 Å². The lowest BCUT2D eigenvalue weighted by Crippen LogP contribution is -2.21. The lowest BCUT2D eigenvalue weighted by atomic mass is 10.2. The Morgan fingerprint density at radius 1 is 1.41 bits per heavy atom. The van der Waals surface area contributed by atoms with Crippen LogP contribution in [0.2, 0.25) is 0 Å². The normalized spacial score (nSPS) is 11.6. The summed E-state index contributed by atoms with van der Waals surface area (Å²) in [5, 5.41) is 0. The van der Waals surface area contributed by atoms with Gasteiger partial charge in [0.1, 0.15) is 5.75 Å². The number of carbonyl (C=O) groups excluding carboxylic acids is 1. The van der Waals surface area contributed by atoms with E-state index in [4.69, 9.17) is 14.2 Å². The molecule has 0 fully saturated rings. The highest BCUT2D eigenvalue weighted by molar-refractivity contribution is 5.71. The van der Waals surface area contributed by atoms with E-state index >= 15 is 0 Å². The Morgan fingerprint density at radius 3 is 2.59 bits per heavy atom. The number of hydrogen-bond donors (Lipinski definition) is 0. The summed E-state index contributed by atoms with van der Waals surface area (Å²) in [6.45, 7) is 5.15. The quantitative estimate of drug-likeness (QED) is 0.561. The van der Waals surface area contributed by atoms with E-state index in [2.05, 4.69) is 6.58 Å². The van der Waals surface area contributed by atoms with Crippen molar-refractivity contribution in [1.29, 1.82) is 0 Å². The first-order valence-electron chi connectivity index (χ1n) is 5.23. The zero-order chi connectivity index (χ0) is 12.7. The van der Waals surface area contributed by atoms with Crippen LogP contribution in [0.5, 0.6) is 5.75 Å². The molecule has 1 rings (SSSR count). The Balaban J connectivity index is 2.39. The molecule has 4 nitrogen and oxygen atoms in total. The Morgan fingerprint density at radius 2 is 2.06 bits per heavy atom. The fourth-order valence-corrected chi connectivity index (χ4v) is 1.11. The van der Waals surface area contributed by atoms with Crippen LogP contribution in [0.15, 0.2) is 30.8 Å². The summed E-state index contributed by atoms with van der Waals surface area (Å²) in [4.78, 5) is 11.3. The fraction of sp³-hybridized carbons (Fsp3) is 0.308. The lowest BCUT2D eigenvalue weighted by molar-refractivity contribution is -0.172. The predicted octanol–water partition coefficient (Wildman–Crippen LogP) is 2.24. The molecule has 0 amide bonds. The molecular weight excluding hydrogens is 220 g/mol. The first-order valence-corrected chi connectivity index (χ1v) is 5.23. The minimum Gasteiger partial charge on any atom is -0.482 e. The average Bonchev–Trinajstić information content (AvgIpc) is 2.36. The number of esters is 1. The largest absolute Gasteiger partial charge is 0.482 e. The number of carbonyl (C=O) groups is 1. The van der Waals surface area contributed by atoms with E-state index < -0.39 is 12.3 Å². The van der Waals surface area contributed by atoms with Gasteiger partial charge in [-0.05, 0) is 24.6 Å². The maximum Gasteiger partial charge on any atom is 0.346 e. The van der Waals surface area contributed by atoms with Crippen LogP contribution in [0.1, 0.15) is 12.5 Å². The van der Waals surface area contributed by atoms with Crippen molar-refractivity contribution in [3.8, 4) is 5.75 Å². The van der Waals surface area contributed by atoms with Gasteiger partial charge in [0, 0.05) is 7.11 Å². The van der Waals surface area contributed by atoms with E-state index in [-0.39, 0.29) is 6.61 Å². The molecule has 0 aliphatic rings. The molecule has 0 bridgehead atoms. The molecule has 1 unspecified atom stereocenters. The minimum absolute atomic E-state index is 0.138. The van der Waals surface area contributed by atoms with Crippen molar-refractivity contribution >= 4 is 12.0 Å². The van der Waals surface area contributed by atoms with Crippen molar-refractivity contribution in [2.45, 2.75) is 13.2 Å². The monoisotopic (exact) mass is 236 g/mol. The smallest absolute Gasteiger partial charge is 0.346 e. The van der Waals surface area contributed by atoms with Crippen molar-refractivity contribution in [2.75, 3.05) is 13.7 Å². The van der Waals surface area contributed by atoms with Gasteiger partial charge in [-0.1, -0.05) is 24.8 Å². The summed E-state index contributed by atoms with van der Waals surface area (Å²) in [5.74, 6) is 0.143. The van der Waals surface area contributed by atoms with Crippen molar-refractivity contribution in [2.24, 2.45) is 0 Å². The highest BCUT2D eigenvalue weighted by Crippen LogP contribution is 2.12. The van der Waals surface area contributed by atoms with Crippen molar-refractivity contribution in [1.82, 2.24) is 0 Å². The summed E-state index contributed by atoms with van der Waals surface area (Å²) in [6.07, 6.45) is 1.17. The lowest BCUT2D eigenvalue weighted by Gasteiger charge is -2.11. The number of ether oxygens (including phenoxy) is 3. The van der Waals surface area contributed by atoms with Crippen LogP contribution < -0.4 is 4.74 Å². The van der Waals surface area contributed by atoms with Gasteiger partial charge in [-0.2, -0.15) is 0 Å². The molecule has 92 valence electrons. The fourth-order valence-electron chi connectivity index (χ4n) is 1.11. The van der Waals surface area contributed by atoms with E-state index in [0.717, 1.165) is 5.56 Å². The van der Waals surface area contributed by atoms with Gasteiger partial charge in [-0.25, -0.2) is 4.79 Å². The van der Waals surface area contributed by atoms with Crippen LogP contribution in [0, 0.1) is 0 Å². The molecule has 0 spiro atoms. The van der Waals surface area contributed by atoms with Crippen molar-refractivity contribution in [3.05, 3.63) is 36.4 Å². The Labute approximate surface area is 101 Å². The first-order chi connectivity index (χ1) is 8.15. The molecule has 0 saturated carbocycles. The highest BCUT2D eigenvalue weighted by atomic mass is 16.7. The number of benzene rings is 1. The van der Waals surface area contributed by atoms with Gasteiger partial charge in [-0.3, -0.25) is 0 Å². The average molecular weight is 236 g/mol. The van der Waals surface area contributed by atoms with Gasteiger partial charge in [0.15, 0.2) is 12.9 Å². The van der Waals surface area contributed by atoms with Crippen LogP contribution in [0.3, 0.4) is 0 Å². The predicted molar refractivity (Wildman–Crippen MR) is 64.6 cm³/mol. The topological polar surface area (TPSA) is 44.8 Å². The molecule has 0 N–H and O–H groups in total. The number of methoxy groups -OCH3 is 1. The maximum absolute atomic E-state index is 11.3. The van der Waals surface area contributed by atoms with E-state index in [1.807, 2.05) is 12.1 Å². The maximum atomic E-state index is 11.3. The summed E-state index contributed by atoms with van der Waals surface area (Å²) in [7, 11) is 1.47. The molecule has 0 aliphatic carbocycles. The van der Waals surface area contributed by atoms with E-state index in [1.165, 1.54) is 7.11 Å². The van der Waals surface area contributed by atoms with Crippen LogP contribution in [0.25, 0.3) is 6.08 Å². The minimum atomic E-state index is -0.561. The summed E-state index contributed by atoms with van der Waals surface area (Å²) < 4.78 is 14.9. The van der Waals surface area contributed by atoms with E-state index in [9.17, 15) is 4.79 Å². The van der Waals surface area contributed by atoms with Crippen molar-refractivity contribution < 1.29 is 19.0 Å². The third kappa shape index (κ3) is 4.70. The second kappa shape index (κ2) is 6.70. The van der Waals surface area contributed by atoms with E-state index in [1.54, 1.807) is 25.1 Å². The van der Waals surface area contributed by atoms with Gasteiger partial charge in [-0.15, -0.1) is 0 Å². The SMILES string of the molecule is C=Cc1ccc(OCC(=O)OC(C)OC)cc1. The zero-order valence-corrected chi connectivity index (χ0v) is 10.0. The molecule has 1 atom stereocenters. The van der Waals surface area contributed by atoms with Gasteiger partial charge >= 0.3 is 5.97 Å². The van der Waals surface area contributed by atoms with Crippen molar-refractivity contribution in [3.63, 3.8) is 0 Å². The summed E-state index contributed by atoms with van der Waals surface area (Å²) >= 11 is 0. The van der Waals surface area contributed by atoms with Gasteiger partial charge in [0.2, 0.25) is 0 Å². The van der Waals surface area contributed by atoms with Gasteiger partial charge in [0.25, 0.3) is 0 Å². The Hall–Kier alpha value is -1.81. The molecular formula is C13H16O4. The molecule has 17 heavy (non-hydrogen) atoms. The molecule has 1 aromatic carbocycles. The second-order valence-corrected chi connectivity index (χ2v) is 3.36. The van der Waals surface area contributed by atoms with Gasteiger partial charge < -0.3 is 14.2 Å². The molecule has 0 aromatic heterocycles. The van der Waals surface area contributed by atoms with Crippen LogP contribution in [-0.2, 0) is 14.3 Å². The third-order valence-corrected chi connectivity index (χ3v) is 2.10. The first kappa shape index (κ1) is 13.3. The van der Waals surface area contributed by atoms with Crippen LogP contribution in [0.4, 0.5) is 0 Å². The Kier molecular flexibility index (Phi) is 5.23. The highest BCUT2D eigenvalue weighted by Gasteiger charge is 2.08. The Bertz CT molecular complexity index is 370. The zero-order valence-electron chi connectivity index (χ0n) is 10.0. The molecule has 4 heteroatoms. The van der Waals surface area contributed by atoms with E-state index in [0.29, 0.717) is 5.75 Å². The number of hydrogen-bond acceptors (Lipinski definition) is 4. The third-order valence-electron chi connectivity index (χ3n) is 2.10. The summed E-state index contributed by atoms with van der Waals surface area (Å²) in [6, 6.07) is 7.24. The van der Waals surface area contributed by atoms with Gasteiger partial charge in [0.05, 0.1) is 0 Å². The second-order valence-electron chi connectivity index (χ2n) is 3.36. The van der Waals surface area contributed by atoms with Crippen LogP contribution in [-0.4, -0.2) is 26.0 Å².